The summed E-state index contributed by atoms with van der Waals surface area (Å²) in [5.41, 5.74) is 4.31. The van der Waals surface area contributed by atoms with Gasteiger partial charge in [-0.2, -0.15) is 0 Å². The van der Waals surface area contributed by atoms with Crippen molar-refractivity contribution in [2.75, 3.05) is 44.2 Å². The van der Waals surface area contributed by atoms with E-state index in [0.717, 1.165) is 66.8 Å². The first-order chi connectivity index (χ1) is 20.1. The molecule has 2 aromatic heterocycles. The third kappa shape index (κ3) is 5.59. The van der Waals surface area contributed by atoms with Gasteiger partial charge in [-0.1, -0.05) is 23.7 Å². The average Bonchev–Trinajstić information content (AvgIpc) is 3.46. The van der Waals surface area contributed by atoms with Gasteiger partial charge in [-0.05, 0) is 73.1 Å². The zero-order valence-corrected chi connectivity index (χ0v) is 24.0. The van der Waals surface area contributed by atoms with Crippen LogP contribution in [0.3, 0.4) is 0 Å². The van der Waals surface area contributed by atoms with Crippen molar-refractivity contribution < 1.29 is 9.53 Å². The summed E-state index contributed by atoms with van der Waals surface area (Å²) < 4.78 is 6.16. The van der Waals surface area contributed by atoms with Crippen LogP contribution in [0.2, 0.25) is 5.02 Å². The Bertz CT molecular complexity index is 1510. The fourth-order valence-electron chi connectivity index (χ4n) is 6.99. The van der Waals surface area contributed by atoms with E-state index in [1.54, 1.807) is 6.20 Å². The number of rotatable bonds is 7. The number of carbonyl (C=O) groups excluding carboxylic acids is 1. The molecule has 1 saturated carbocycles. The van der Waals surface area contributed by atoms with Crippen LogP contribution in [0.5, 0.6) is 11.5 Å². The smallest absolute Gasteiger partial charge is 0.153 e. The highest BCUT2D eigenvalue weighted by atomic mass is 35.5. The van der Waals surface area contributed by atoms with Gasteiger partial charge in [0.05, 0.1) is 11.8 Å². The number of aromatic nitrogens is 2. The molecule has 2 aromatic carbocycles. The summed E-state index contributed by atoms with van der Waals surface area (Å²) in [7, 11) is 0. The number of pyridine rings is 1. The van der Waals surface area contributed by atoms with Crippen molar-refractivity contribution in [2.45, 2.75) is 38.3 Å². The molecule has 0 radical (unpaired) electrons. The summed E-state index contributed by atoms with van der Waals surface area (Å²) in [6, 6.07) is 18.8. The summed E-state index contributed by atoms with van der Waals surface area (Å²) in [5, 5.41) is 1.78. The van der Waals surface area contributed by atoms with E-state index in [4.69, 9.17) is 16.3 Å². The van der Waals surface area contributed by atoms with Crippen LogP contribution in [0.15, 0.2) is 67.0 Å². The number of nitrogens with one attached hydrogen (secondary N) is 1. The topological polar surface area (TPSA) is 64.7 Å². The number of benzene rings is 2. The zero-order chi connectivity index (χ0) is 27.8. The Labute approximate surface area is 246 Å². The van der Waals surface area contributed by atoms with E-state index in [2.05, 4.69) is 42.9 Å². The highest BCUT2D eigenvalue weighted by molar-refractivity contribution is 6.30. The molecule has 1 spiro atoms. The Morgan fingerprint density at radius 1 is 0.976 bits per heavy atom. The maximum atomic E-state index is 11.8. The van der Waals surface area contributed by atoms with Crippen molar-refractivity contribution >= 4 is 34.6 Å². The molecule has 7 nitrogen and oxygen atoms in total. The SMILES string of the molecule is O=Cc1ccc(N2CCC3(CC2)CC(N2CCN(Cc4ccc(Cl)cc4)CC2)C3)cc1Oc1cnc2[nH]ccc2c1. The van der Waals surface area contributed by atoms with E-state index in [1.165, 1.54) is 44.3 Å². The second-order valence-electron chi connectivity index (χ2n) is 12.0. The van der Waals surface area contributed by atoms with Crippen molar-refractivity contribution in [3.8, 4) is 11.5 Å². The van der Waals surface area contributed by atoms with Crippen molar-refractivity contribution in [1.29, 1.82) is 0 Å². The van der Waals surface area contributed by atoms with Crippen molar-refractivity contribution in [3.63, 3.8) is 0 Å². The quantitative estimate of drug-likeness (QED) is 0.260. The number of ether oxygens (including phenoxy) is 1. The number of fused-ring (bicyclic) bond motifs is 1. The zero-order valence-electron chi connectivity index (χ0n) is 23.3. The van der Waals surface area contributed by atoms with Gasteiger partial charge >= 0.3 is 0 Å². The molecule has 4 aromatic rings. The van der Waals surface area contributed by atoms with E-state index in [9.17, 15) is 4.79 Å². The molecule has 7 rings (SSSR count). The molecule has 8 heteroatoms. The van der Waals surface area contributed by atoms with Crippen LogP contribution in [0.25, 0.3) is 11.0 Å². The molecule has 0 atom stereocenters. The first-order valence-corrected chi connectivity index (χ1v) is 15.1. The molecule has 1 aliphatic carbocycles. The van der Waals surface area contributed by atoms with Crippen LogP contribution in [0.4, 0.5) is 5.69 Å². The minimum absolute atomic E-state index is 0.487. The molecule has 3 fully saturated rings. The fourth-order valence-corrected chi connectivity index (χ4v) is 7.11. The number of aldehydes is 1. The van der Waals surface area contributed by atoms with Crippen molar-refractivity contribution in [3.05, 3.63) is 83.1 Å². The predicted octanol–water partition coefficient (Wildman–Crippen LogP) is 6.39. The lowest BCUT2D eigenvalue weighted by molar-refractivity contribution is -0.0355. The molecule has 41 heavy (non-hydrogen) atoms. The third-order valence-corrected chi connectivity index (χ3v) is 9.75. The molecule has 0 bridgehead atoms. The summed E-state index contributed by atoms with van der Waals surface area (Å²) >= 11 is 6.05. The molecule has 212 valence electrons. The van der Waals surface area contributed by atoms with Gasteiger partial charge in [0.15, 0.2) is 6.29 Å². The van der Waals surface area contributed by atoms with Crippen LogP contribution in [-0.2, 0) is 6.54 Å². The largest absolute Gasteiger partial charge is 0.455 e. The van der Waals surface area contributed by atoms with Gasteiger partial charge < -0.3 is 14.6 Å². The van der Waals surface area contributed by atoms with Gasteiger partial charge in [-0.15, -0.1) is 0 Å². The third-order valence-electron chi connectivity index (χ3n) is 9.50. The summed E-state index contributed by atoms with van der Waals surface area (Å²) in [5.74, 6) is 1.20. The monoisotopic (exact) mass is 569 g/mol. The van der Waals surface area contributed by atoms with Crippen LogP contribution >= 0.6 is 11.6 Å². The Balaban J connectivity index is 0.918. The van der Waals surface area contributed by atoms with Gasteiger partial charge in [0.25, 0.3) is 0 Å². The number of piperidine rings is 1. The minimum atomic E-state index is 0.487. The van der Waals surface area contributed by atoms with Crippen molar-refractivity contribution in [2.24, 2.45) is 5.41 Å². The lowest BCUT2D eigenvalue weighted by Gasteiger charge is -2.56. The normalized spacial score (nSPS) is 19.9. The van der Waals surface area contributed by atoms with Gasteiger partial charge in [0.1, 0.15) is 17.1 Å². The minimum Gasteiger partial charge on any atom is -0.455 e. The first-order valence-electron chi connectivity index (χ1n) is 14.7. The Kier molecular flexibility index (Phi) is 7.19. The highest BCUT2D eigenvalue weighted by Crippen LogP contribution is 2.51. The van der Waals surface area contributed by atoms with Crippen LogP contribution in [-0.4, -0.2) is 71.4 Å². The Hall–Kier alpha value is -3.39. The van der Waals surface area contributed by atoms with E-state index in [-0.39, 0.29) is 0 Å². The van der Waals surface area contributed by atoms with E-state index in [0.29, 0.717) is 22.5 Å². The highest BCUT2D eigenvalue weighted by Gasteiger charge is 2.48. The van der Waals surface area contributed by atoms with Gasteiger partial charge in [-0.25, -0.2) is 4.98 Å². The lowest BCUT2D eigenvalue weighted by Crippen LogP contribution is -2.59. The second-order valence-corrected chi connectivity index (χ2v) is 12.5. The summed E-state index contributed by atoms with van der Waals surface area (Å²) in [6.07, 6.45) is 9.50. The number of piperazine rings is 1. The van der Waals surface area contributed by atoms with E-state index in [1.807, 2.05) is 42.6 Å². The van der Waals surface area contributed by atoms with Gasteiger partial charge in [0.2, 0.25) is 0 Å². The summed E-state index contributed by atoms with van der Waals surface area (Å²) in [6.45, 7) is 7.69. The predicted molar refractivity (Wildman–Crippen MR) is 163 cm³/mol. The molecule has 3 aliphatic rings. The summed E-state index contributed by atoms with van der Waals surface area (Å²) in [4.78, 5) is 27.0. The molecule has 2 aliphatic heterocycles. The Morgan fingerprint density at radius 3 is 2.51 bits per heavy atom. The molecule has 0 unspecified atom stereocenters. The standard InChI is InChI=1S/C33H36ClN5O2/c34-27-4-1-24(2-5-27)22-37-13-15-39(16-14-37)29-19-33(20-29)8-11-38(12-9-33)28-6-3-26(23-40)31(18-28)41-30-17-25-7-10-35-32(25)36-21-30/h1-7,10,17-18,21,23,29H,8-9,11-16,19-20,22H2,(H,35,36). The first kappa shape index (κ1) is 26.5. The maximum absolute atomic E-state index is 11.8. The Morgan fingerprint density at radius 2 is 1.76 bits per heavy atom. The number of nitrogens with zero attached hydrogens (tertiary/aromatic N) is 4. The van der Waals surface area contributed by atoms with Crippen LogP contribution in [0, 0.1) is 5.41 Å². The number of H-pyrrole nitrogens is 1. The number of hydrogen-bond donors (Lipinski definition) is 1. The number of carbonyl (C=O) groups is 1. The van der Waals surface area contributed by atoms with E-state index < -0.39 is 0 Å². The molecule has 0 amide bonds. The number of halogens is 1. The van der Waals surface area contributed by atoms with Crippen LogP contribution in [0.1, 0.15) is 41.6 Å². The van der Waals surface area contributed by atoms with Crippen LogP contribution < -0.4 is 9.64 Å². The number of anilines is 1. The lowest BCUT2D eigenvalue weighted by atomic mass is 9.60. The number of hydrogen-bond acceptors (Lipinski definition) is 6. The molecule has 4 heterocycles. The van der Waals surface area contributed by atoms with Gasteiger partial charge in [0, 0.05) is 80.2 Å². The average molecular weight is 570 g/mol. The molecule has 1 N–H and O–H groups in total. The van der Waals surface area contributed by atoms with Crippen molar-refractivity contribution in [1.82, 2.24) is 19.8 Å². The number of aromatic amines is 1. The van der Waals surface area contributed by atoms with E-state index >= 15 is 0 Å². The fraction of sp³-hybridized carbons (Fsp3) is 0.394. The molecular formula is C33H36ClN5O2. The second kappa shape index (κ2) is 11.1. The maximum Gasteiger partial charge on any atom is 0.153 e. The molecular weight excluding hydrogens is 534 g/mol. The van der Waals surface area contributed by atoms with Gasteiger partial charge in [-0.3, -0.25) is 14.6 Å². The molecule has 2 saturated heterocycles.